The Morgan fingerprint density at radius 2 is 1.90 bits per heavy atom. The number of quaternary nitrogens is 1. The molecule has 0 radical (unpaired) electrons. The summed E-state index contributed by atoms with van der Waals surface area (Å²) in [7, 11) is 0. The van der Waals surface area contributed by atoms with Crippen LogP contribution in [0, 0.1) is 23.6 Å². The van der Waals surface area contributed by atoms with Crippen LogP contribution in [0.15, 0.2) is 36.4 Å². The molecule has 1 aromatic rings. The van der Waals surface area contributed by atoms with Gasteiger partial charge in [-0.15, -0.1) is 0 Å². The smallest absolute Gasteiger partial charge is 0.146 e. The largest absolute Gasteiger partial charge is 0.358 e. The first-order valence-corrected chi connectivity index (χ1v) is 8.31. The third-order valence-electron chi connectivity index (χ3n) is 5.63. The number of anilines is 1. The zero-order valence-corrected chi connectivity index (χ0v) is 12.5. The van der Waals surface area contributed by atoms with Crippen LogP contribution in [0.25, 0.3) is 0 Å². The summed E-state index contributed by atoms with van der Waals surface area (Å²) in [5, 5.41) is 0. The molecule has 0 amide bonds. The second-order valence-corrected chi connectivity index (χ2v) is 6.93. The first kappa shape index (κ1) is 13.3. The minimum atomic E-state index is -0.0841. The summed E-state index contributed by atoms with van der Waals surface area (Å²) in [5.41, 5.74) is 0.777. The Morgan fingerprint density at radius 3 is 2.57 bits per heavy atom. The summed E-state index contributed by atoms with van der Waals surface area (Å²) >= 11 is 0. The van der Waals surface area contributed by atoms with E-state index in [1.54, 1.807) is 17.0 Å². The lowest BCUT2D eigenvalue weighted by Gasteiger charge is -2.35. The van der Waals surface area contributed by atoms with Crippen molar-refractivity contribution in [1.29, 1.82) is 0 Å². The van der Waals surface area contributed by atoms with E-state index in [0.717, 1.165) is 49.6 Å². The minimum absolute atomic E-state index is 0.0841. The molecule has 4 rings (SSSR count). The molecule has 21 heavy (non-hydrogen) atoms. The van der Waals surface area contributed by atoms with Gasteiger partial charge in [0.2, 0.25) is 0 Å². The van der Waals surface area contributed by atoms with E-state index in [9.17, 15) is 4.39 Å². The van der Waals surface area contributed by atoms with Crippen molar-refractivity contribution in [2.75, 3.05) is 37.6 Å². The van der Waals surface area contributed by atoms with Crippen LogP contribution in [0.5, 0.6) is 0 Å². The zero-order valence-electron chi connectivity index (χ0n) is 12.5. The quantitative estimate of drug-likeness (QED) is 0.832. The molecule has 1 heterocycles. The normalized spacial score (nSPS) is 32.0. The van der Waals surface area contributed by atoms with Crippen molar-refractivity contribution in [3.63, 3.8) is 0 Å². The molecule has 2 bridgehead atoms. The summed E-state index contributed by atoms with van der Waals surface area (Å²) in [6.45, 7) is 5.56. The maximum Gasteiger partial charge on any atom is 0.146 e. The van der Waals surface area contributed by atoms with Gasteiger partial charge in [-0.05, 0) is 36.8 Å². The molecule has 1 aromatic carbocycles. The Morgan fingerprint density at radius 1 is 1.10 bits per heavy atom. The van der Waals surface area contributed by atoms with Crippen molar-refractivity contribution in [3.05, 3.63) is 42.2 Å². The fourth-order valence-electron chi connectivity index (χ4n) is 4.48. The summed E-state index contributed by atoms with van der Waals surface area (Å²) < 4.78 is 13.8. The topological polar surface area (TPSA) is 7.68 Å². The standard InChI is InChI=1S/C18H23FN2/c19-17-3-1-2-4-18(17)21-9-7-20(8-10-21)13-16-12-14-5-6-15(16)11-14/h1-6,14-16H,7-13H2/p+1/t14-,15-,16-/m0/s1. The van der Waals surface area contributed by atoms with Crippen LogP contribution in [0.1, 0.15) is 12.8 Å². The number of hydrogen-bond acceptors (Lipinski definition) is 1. The van der Waals surface area contributed by atoms with Gasteiger partial charge in [0, 0.05) is 5.92 Å². The molecule has 1 saturated carbocycles. The number of nitrogens with one attached hydrogen (secondary N) is 1. The van der Waals surface area contributed by atoms with Gasteiger partial charge in [-0.2, -0.15) is 0 Å². The predicted octanol–water partition coefficient (Wildman–Crippen LogP) is 1.74. The second-order valence-electron chi connectivity index (χ2n) is 6.93. The van der Waals surface area contributed by atoms with Gasteiger partial charge in [0.25, 0.3) is 0 Å². The third kappa shape index (κ3) is 2.59. The van der Waals surface area contributed by atoms with Crippen molar-refractivity contribution < 1.29 is 9.29 Å². The molecule has 1 saturated heterocycles. The van der Waals surface area contributed by atoms with Crippen LogP contribution in [0.2, 0.25) is 0 Å². The maximum atomic E-state index is 13.8. The number of fused-ring (bicyclic) bond motifs is 2. The van der Waals surface area contributed by atoms with E-state index in [1.807, 2.05) is 12.1 Å². The second kappa shape index (κ2) is 5.45. The molecule has 2 aliphatic carbocycles. The van der Waals surface area contributed by atoms with E-state index >= 15 is 0 Å². The Bertz CT molecular complexity index is 534. The van der Waals surface area contributed by atoms with Gasteiger partial charge in [0.05, 0.1) is 38.4 Å². The molecule has 0 spiro atoms. The van der Waals surface area contributed by atoms with E-state index in [1.165, 1.54) is 19.4 Å². The Labute approximate surface area is 126 Å². The van der Waals surface area contributed by atoms with Crippen LogP contribution < -0.4 is 9.80 Å². The van der Waals surface area contributed by atoms with Gasteiger partial charge in [-0.1, -0.05) is 24.3 Å². The number of piperazine rings is 1. The molecular formula is C18H24FN2+. The highest BCUT2D eigenvalue weighted by atomic mass is 19.1. The van der Waals surface area contributed by atoms with Crippen molar-refractivity contribution >= 4 is 5.69 Å². The predicted molar refractivity (Wildman–Crippen MR) is 83.0 cm³/mol. The summed E-state index contributed by atoms with van der Waals surface area (Å²) in [5.74, 6) is 2.54. The van der Waals surface area contributed by atoms with Crippen LogP contribution >= 0.6 is 0 Å². The van der Waals surface area contributed by atoms with Crippen LogP contribution in [-0.2, 0) is 0 Å². The highest BCUT2D eigenvalue weighted by Crippen LogP contribution is 2.42. The minimum Gasteiger partial charge on any atom is -0.358 e. The molecule has 3 aliphatic rings. The molecule has 0 aromatic heterocycles. The van der Waals surface area contributed by atoms with Crippen molar-refractivity contribution in [2.45, 2.75) is 12.8 Å². The monoisotopic (exact) mass is 287 g/mol. The average molecular weight is 287 g/mol. The van der Waals surface area contributed by atoms with Crippen LogP contribution in [-0.4, -0.2) is 32.7 Å². The molecule has 112 valence electrons. The first-order valence-electron chi connectivity index (χ1n) is 8.31. The molecule has 2 nitrogen and oxygen atoms in total. The van der Waals surface area contributed by atoms with Gasteiger partial charge in [0.15, 0.2) is 0 Å². The molecular weight excluding hydrogens is 263 g/mol. The number of benzene rings is 1. The Balaban J connectivity index is 1.33. The summed E-state index contributed by atoms with van der Waals surface area (Å²) in [4.78, 5) is 3.92. The summed E-state index contributed by atoms with van der Waals surface area (Å²) in [6, 6.07) is 7.17. The number of rotatable bonds is 3. The van der Waals surface area contributed by atoms with E-state index in [4.69, 9.17) is 0 Å². The number of halogens is 1. The molecule has 2 fully saturated rings. The molecule has 3 atom stereocenters. The lowest BCUT2D eigenvalue weighted by Crippen LogP contribution is -3.15. The SMILES string of the molecule is Fc1ccccc1N1CC[NH+](C[C@@H]2C[C@H]3C=C[C@H]2C3)CC1. The number of nitrogens with zero attached hydrogens (tertiary/aromatic N) is 1. The zero-order chi connectivity index (χ0) is 14.2. The highest BCUT2D eigenvalue weighted by molar-refractivity contribution is 5.47. The average Bonchev–Trinajstić information content (AvgIpc) is 3.11. The number of allylic oxidation sites excluding steroid dienone is 2. The van der Waals surface area contributed by atoms with E-state index in [2.05, 4.69) is 17.1 Å². The maximum absolute atomic E-state index is 13.8. The number of para-hydroxylation sites is 1. The number of hydrogen-bond donors (Lipinski definition) is 1. The highest BCUT2D eigenvalue weighted by Gasteiger charge is 2.38. The van der Waals surface area contributed by atoms with Crippen LogP contribution in [0.4, 0.5) is 10.1 Å². The third-order valence-corrected chi connectivity index (χ3v) is 5.63. The van der Waals surface area contributed by atoms with Crippen LogP contribution in [0.3, 0.4) is 0 Å². The molecule has 1 N–H and O–H groups in total. The van der Waals surface area contributed by atoms with Crippen molar-refractivity contribution in [3.8, 4) is 0 Å². The summed E-state index contributed by atoms with van der Waals surface area (Å²) in [6.07, 6.45) is 7.68. The fraction of sp³-hybridized carbons (Fsp3) is 0.556. The first-order chi connectivity index (χ1) is 10.3. The van der Waals surface area contributed by atoms with Gasteiger partial charge in [0.1, 0.15) is 5.82 Å². The Kier molecular flexibility index (Phi) is 3.46. The Hall–Kier alpha value is -1.35. The van der Waals surface area contributed by atoms with Crippen molar-refractivity contribution in [1.82, 2.24) is 0 Å². The van der Waals surface area contributed by atoms with E-state index in [-0.39, 0.29) is 5.82 Å². The van der Waals surface area contributed by atoms with Gasteiger partial charge >= 0.3 is 0 Å². The van der Waals surface area contributed by atoms with E-state index in [0.29, 0.717) is 0 Å². The lowest BCUT2D eigenvalue weighted by molar-refractivity contribution is -0.904. The molecule has 0 unspecified atom stereocenters. The van der Waals surface area contributed by atoms with Gasteiger partial charge in [-0.25, -0.2) is 4.39 Å². The molecule has 1 aliphatic heterocycles. The van der Waals surface area contributed by atoms with Crippen molar-refractivity contribution in [2.24, 2.45) is 17.8 Å². The van der Waals surface area contributed by atoms with Gasteiger partial charge in [-0.3, -0.25) is 0 Å². The van der Waals surface area contributed by atoms with Gasteiger partial charge < -0.3 is 9.80 Å². The lowest BCUT2D eigenvalue weighted by atomic mass is 9.93. The van der Waals surface area contributed by atoms with E-state index < -0.39 is 0 Å². The molecule has 3 heteroatoms. The fourth-order valence-corrected chi connectivity index (χ4v) is 4.48.